The molecule has 2 atom stereocenters. The van der Waals surface area contributed by atoms with Gasteiger partial charge in [0, 0.05) is 0 Å². The number of nitrogens with one attached hydrogen (secondary N) is 1. The molecule has 0 heterocycles. The molecular formula is C8H17NO3. The van der Waals surface area contributed by atoms with Crippen molar-refractivity contribution in [2.45, 2.75) is 45.4 Å². The Morgan fingerprint density at radius 3 is 2.00 bits per heavy atom. The summed E-state index contributed by atoms with van der Waals surface area (Å²) in [5, 5.41) is 20.6. The highest BCUT2D eigenvalue weighted by Crippen LogP contribution is 2.08. The van der Waals surface area contributed by atoms with Crippen molar-refractivity contribution in [1.29, 1.82) is 0 Å². The number of carbonyl (C=O) groups is 1. The molecule has 0 saturated carbocycles. The maximum atomic E-state index is 11.0. The second-order valence-electron chi connectivity index (χ2n) is 3.56. The lowest BCUT2D eigenvalue weighted by atomic mass is 9.98. The van der Waals surface area contributed by atoms with Crippen molar-refractivity contribution in [3.63, 3.8) is 0 Å². The van der Waals surface area contributed by atoms with Crippen LogP contribution in [0.25, 0.3) is 0 Å². The molecule has 0 aliphatic heterocycles. The van der Waals surface area contributed by atoms with Crippen LogP contribution >= 0.6 is 0 Å². The summed E-state index contributed by atoms with van der Waals surface area (Å²) in [4.78, 5) is 11.0. The van der Waals surface area contributed by atoms with Gasteiger partial charge < -0.3 is 15.5 Å². The Balaban J connectivity index is 4.15. The standard InChI is InChI=1S/C8H17NO3/c1-5(10)7(12)9-8(3,4)6(2)11/h5-6,10-11H,1-4H3,(H,9,12). The van der Waals surface area contributed by atoms with Crippen LogP contribution in [0, 0.1) is 0 Å². The first-order chi connectivity index (χ1) is 5.27. The van der Waals surface area contributed by atoms with E-state index in [9.17, 15) is 9.90 Å². The van der Waals surface area contributed by atoms with Crippen LogP contribution in [0.4, 0.5) is 0 Å². The summed E-state index contributed by atoms with van der Waals surface area (Å²) in [5.74, 6) is -0.471. The molecule has 72 valence electrons. The van der Waals surface area contributed by atoms with Crippen molar-refractivity contribution in [3.05, 3.63) is 0 Å². The second-order valence-corrected chi connectivity index (χ2v) is 3.56. The largest absolute Gasteiger partial charge is 0.391 e. The summed E-state index contributed by atoms with van der Waals surface area (Å²) in [6.45, 7) is 6.35. The number of hydrogen-bond donors (Lipinski definition) is 3. The zero-order valence-corrected chi connectivity index (χ0v) is 7.96. The fourth-order valence-electron chi connectivity index (χ4n) is 0.526. The van der Waals surface area contributed by atoms with E-state index in [1.165, 1.54) is 6.92 Å². The molecular weight excluding hydrogens is 158 g/mol. The van der Waals surface area contributed by atoms with Gasteiger partial charge in [-0.05, 0) is 27.7 Å². The SMILES string of the molecule is CC(O)C(=O)NC(C)(C)C(C)O. The molecule has 0 radical (unpaired) electrons. The zero-order chi connectivity index (χ0) is 9.94. The van der Waals surface area contributed by atoms with Gasteiger partial charge >= 0.3 is 0 Å². The Kier molecular flexibility index (Phi) is 3.67. The van der Waals surface area contributed by atoms with Gasteiger partial charge in [-0.25, -0.2) is 0 Å². The lowest BCUT2D eigenvalue weighted by molar-refractivity contribution is -0.131. The van der Waals surface area contributed by atoms with E-state index in [1.807, 2.05) is 0 Å². The van der Waals surface area contributed by atoms with E-state index in [4.69, 9.17) is 5.11 Å². The molecule has 0 rings (SSSR count). The van der Waals surface area contributed by atoms with Gasteiger partial charge in [-0.1, -0.05) is 0 Å². The topological polar surface area (TPSA) is 69.6 Å². The molecule has 0 aliphatic carbocycles. The average molecular weight is 175 g/mol. The summed E-state index contributed by atoms with van der Waals surface area (Å²) in [6.07, 6.45) is -1.69. The van der Waals surface area contributed by atoms with Gasteiger partial charge in [0.2, 0.25) is 5.91 Å². The van der Waals surface area contributed by atoms with Gasteiger partial charge in [-0.2, -0.15) is 0 Å². The minimum Gasteiger partial charge on any atom is -0.391 e. The molecule has 0 aromatic carbocycles. The molecule has 2 unspecified atom stereocenters. The summed E-state index contributed by atoms with van der Waals surface area (Å²) >= 11 is 0. The van der Waals surface area contributed by atoms with E-state index in [1.54, 1.807) is 20.8 Å². The van der Waals surface area contributed by atoms with Crippen LogP contribution in [0.2, 0.25) is 0 Å². The quantitative estimate of drug-likeness (QED) is 0.548. The van der Waals surface area contributed by atoms with Crippen molar-refractivity contribution >= 4 is 5.91 Å². The first-order valence-corrected chi connectivity index (χ1v) is 3.95. The maximum Gasteiger partial charge on any atom is 0.249 e. The van der Waals surface area contributed by atoms with Crippen LogP contribution in [0.3, 0.4) is 0 Å². The number of hydrogen-bond acceptors (Lipinski definition) is 3. The molecule has 4 heteroatoms. The number of amides is 1. The predicted octanol–water partition coefficient (Wildman–Crippen LogP) is -0.357. The third kappa shape index (κ3) is 3.19. The third-order valence-electron chi connectivity index (χ3n) is 1.87. The van der Waals surface area contributed by atoms with Crippen LogP contribution in [0.5, 0.6) is 0 Å². The maximum absolute atomic E-state index is 11.0. The van der Waals surface area contributed by atoms with E-state index in [0.717, 1.165) is 0 Å². The second kappa shape index (κ2) is 3.87. The lowest BCUT2D eigenvalue weighted by Gasteiger charge is -2.29. The van der Waals surface area contributed by atoms with Crippen LogP contribution in [-0.4, -0.2) is 33.9 Å². The molecule has 0 aromatic heterocycles. The van der Waals surface area contributed by atoms with Gasteiger partial charge in [-0.3, -0.25) is 4.79 Å². The number of carbonyl (C=O) groups excluding carboxylic acids is 1. The number of rotatable bonds is 3. The molecule has 4 nitrogen and oxygen atoms in total. The number of aliphatic hydroxyl groups is 2. The smallest absolute Gasteiger partial charge is 0.249 e. The van der Waals surface area contributed by atoms with Gasteiger partial charge in [0.25, 0.3) is 0 Å². The molecule has 0 fully saturated rings. The average Bonchev–Trinajstić information content (AvgIpc) is 1.85. The molecule has 0 saturated heterocycles. The van der Waals surface area contributed by atoms with Gasteiger partial charge in [0.1, 0.15) is 6.10 Å². The minimum atomic E-state index is -1.04. The van der Waals surface area contributed by atoms with Crippen LogP contribution < -0.4 is 5.32 Å². The molecule has 0 aromatic rings. The fourth-order valence-corrected chi connectivity index (χ4v) is 0.526. The third-order valence-corrected chi connectivity index (χ3v) is 1.87. The van der Waals surface area contributed by atoms with Gasteiger partial charge in [-0.15, -0.1) is 0 Å². The summed E-state index contributed by atoms with van der Waals surface area (Å²) in [7, 11) is 0. The summed E-state index contributed by atoms with van der Waals surface area (Å²) < 4.78 is 0. The normalized spacial score (nSPS) is 16.8. The van der Waals surface area contributed by atoms with Crippen molar-refractivity contribution < 1.29 is 15.0 Å². The van der Waals surface area contributed by atoms with Crippen molar-refractivity contribution in [1.82, 2.24) is 5.32 Å². The van der Waals surface area contributed by atoms with Crippen LogP contribution in [0.15, 0.2) is 0 Å². The monoisotopic (exact) mass is 175 g/mol. The van der Waals surface area contributed by atoms with Gasteiger partial charge in [0.05, 0.1) is 11.6 Å². The van der Waals surface area contributed by atoms with E-state index in [-0.39, 0.29) is 0 Å². The van der Waals surface area contributed by atoms with Gasteiger partial charge in [0.15, 0.2) is 0 Å². The number of aliphatic hydroxyl groups excluding tert-OH is 2. The molecule has 0 bridgehead atoms. The zero-order valence-electron chi connectivity index (χ0n) is 7.96. The summed E-state index contributed by atoms with van der Waals surface area (Å²) in [6, 6.07) is 0. The van der Waals surface area contributed by atoms with E-state index in [0.29, 0.717) is 0 Å². The predicted molar refractivity (Wildman–Crippen MR) is 45.6 cm³/mol. The molecule has 1 amide bonds. The summed E-state index contributed by atoms with van der Waals surface area (Å²) in [5.41, 5.74) is -0.700. The Bertz CT molecular complexity index is 164. The van der Waals surface area contributed by atoms with E-state index in [2.05, 4.69) is 5.32 Å². The van der Waals surface area contributed by atoms with Crippen molar-refractivity contribution in [3.8, 4) is 0 Å². The fraction of sp³-hybridized carbons (Fsp3) is 0.875. The van der Waals surface area contributed by atoms with E-state index >= 15 is 0 Å². The Labute approximate surface area is 72.6 Å². The first kappa shape index (κ1) is 11.4. The highest BCUT2D eigenvalue weighted by atomic mass is 16.3. The Hall–Kier alpha value is -0.610. The van der Waals surface area contributed by atoms with Crippen LogP contribution in [-0.2, 0) is 4.79 Å². The highest BCUT2D eigenvalue weighted by molar-refractivity contribution is 5.80. The molecule has 0 spiro atoms. The molecule has 0 aliphatic rings. The molecule has 12 heavy (non-hydrogen) atoms. The Morgan fingerprint density at radius 2 is 1.75 bits per heavy atom. The first-order valence-electron chi connectivity index (χ1n) is 3.95. The van der Waals surface area contributed by atoms with E-state index < -0.39 is 23.7 Å². The molecule has 3 N–H and O–H groups in total. The highest BCUT2D eigenvalue weighted by Gasteiger charge is 2.27. The van der Waals surface area contributed by atoms with Crippen molar-refractivity contribution in [2.75, 3.05) is 0 Å². The Morgan fingerprint density at radius 1 is 1.33 bits per heavy atom. The lowest BCUT2D eigenvalue weighted by Crippen LogP contribution is -2.53. The van der Waals surface area contributed by atoms with Crippen molar-refractivity contribution in [2.24, 2.45) is 0 Å². The minimum absolute atomic E-state index is 0.471. The van der Waals surface area contributed by atoms with Crippen LogP contribution in [0.1, 0.15) is 27.7 Å².